The van der Waals surface area contributed by atoms with Gasteiger partial charge in [-0.1, -0.05) is 35.6 Å². The predicted octanol–water partition coefficient (Wildman–Crippen LogP) is 2.22. The topological polar surface area (TPSA) is 67.3 Å². The van der Waals surface area contributed by atoms with Crippen molar-refractivity contribution in [3.63, 3.8) is 0 Å². The lowest BCUT2D eigenvalue weighted by atomic mass is 9.97. The molecule has 1 saturated heterocycles. The first kappa shape index (κ1) is 18.8. The highest BCUT2D eigenvalue weighted by Gasteiger charge is 2.25. The van der Waals surface area contributed by atoms with E-state index in [-0.39, 0.29) is 5.91 Å². The van der Waals surface area contributed by atoms with Crippen LogP contribution in [0.5, 0.6) is 0 Å². The molecule has 1 aromatic carbocycles. The van der Waals surface area contributed by atoms with Crippen LogP contribution in [-0.2, 0) is 22.4 Å². The number of rotatable bonds is 8. The Hall–Kier alpha value is -1.99. The van der Waals surface area contributed by atoms with Gasteiger partial charge in [-0.2, -0.15) is 0 Å². The molecule has 1 aliphatic heterocycles. The van der Waals surface area contributed by atoms with Crippen LogP contribution in [-0.4, -0.2) is 49.5 Å². The first-order chi connectivity index (χ1) is 12.6. The van der Waals surface area contributed by atoms with Crippen LogP contribution in [0, 0.1) is 12.8 Å². The van der Waals surface area contributed by atoms with Crippen molar-refractivity contribution in [2.75, 3.05) is 38.3 Å². The Morgan fingerprint density at radius 2 is 2.08 bits per heavy atom. The van der Waals surface area contributed by atoms with Crippen molar-refractivity contribution < 1.29 is 9.53 Å². The molecule has 1 N–H and O–H groups in total. The fourth-order valence-corrected chi connectivity index (χ4v) is 3.98. The number of aromatic nitrogens is 2. The lowest BCUT2D eigenvalue weighted by Gasteiger charge is -2.14. The number of methoxy groups -OCH3 is 1. The number of carbonyl (C=O) groups excluding carboxylic acids is 1. The predicted molar refractivity (Wildman–Crippen MR) is 104 cm³/mol. The molecule has 0 aliphatic carbocycles. The van der Waals surface area contributed by atoms with Gasteiger partial charge in [0.2, 0.25) is 11.0 Å². The van der Waals surface area contributed by atoms with Gasteiger partial charge in [0.1, 0.15) is 5.01 Å². The van der Waals surface area contributed by atoms with Crippen LogP contribution in [0.4, 0.5) is 5.13 Å². The number of hydrogen-bond acceptors (Lipinski definition) is 6. The first-order valence-electron chi connectivity index (χ1n) is 9.02. The Balaban J connectivity index is 1.46. The van der Waals surface area contributed by atoms with E-state index in [2.05, 4.69) is 44.7 Å². The van der Waals surface area contributed by atoms with E-state index < -0.39 is 0 Å². The van der Waals surface area contributed by atoms with E-state index >= 15 is 0 Å². The van der Waals surface area contributed by atoms with Gasteiger partial charge in [0.25, 0.3) is 0 Å². The van der Waals surface area contributed by atoms with Crippen LogP contribution in [0.3, 0.4) is 0 Å². The second kappa shape index (κ2) is 9.09. The summed E-state index contributed by atoms with van der Waals surface area (Å²) >= 11 is 1.67. The fourth-order valence-electron chi connectivity index (χ4n) is 3.25. The van der Waals surface area contributed by atoms with E-state index in [0.717, 1.165) is 35.2 Å². The normalized spacial score (nSPS) is 16.8. The fraction of sp³-hybridized carbons (Fsp3) is 0.526. The third kappa shape index (κ3) is 5.25. The summed E-state index contributed by atoms with van der Waals surface area (Å²) in [4.78, 5) is 14.2. The Morgan fingerprint density at radius 3 is 2.77 bits per heavy atom. The van der Waals surface area contributed by atoms with E-state index in [4.69, 9.17) is 4.74 Å². The molecule has 0 radical (unpaired) electrons. The molecular formula is C19H26N4O2S. The maximum absolute atomic E-state index is 11.8. The number of nitrogens with zero attached hydrogens (tertiary/aromatic N) is 3. The Kier molecular flexibility index (Phi) is 6.57. The quantitative estimate of drug-likeness (QED) is 0.718. The highest BCUT2D eigenvalue weighted by atomic mass is 32.1. The molecule has 1 unspecified atom stereocenters. The maximum Gasteiger partial charge on any atom is 0.224 e. The standard InChI is InChI=1S/C19H26N4O2S/c1-14-21-22-19(26-14)23-9-7-17(13-23)11-15-3-5-16(6-4-15)12-18(24)20-8-10-25-2/h3-6,17H,7-13H2,1-2H3,(H,20,24). The van der Waals surface area contributed by atoms with Crippen molar-refractivity contribution in [3.8, 4) is 0 Å². The second-order valence-electron chi connectivity index (χ2n) is 6.74. The molecule has 1 atom stereocenters. The Bertz CT molecular complexity index is 717. The van der Waals surface area contributed by atoms with Crippen LogP contribution in [0.2, 0.25) is 0 Å². The Labute approximate surface area is 158 Å². The van der Waals surface area contributed by atoms with E-state index in [1.807, 2.05) is 6.92 Å². The monoisotopic (exact) mass is 374 g/mol. The molecule has 1 aliphatic rings. The molecule has 26 heavy (non-hydrogen) atoms. The third-order valence-corrected chi connectivity index (χ3v) is 5.51. The number of aryl methyl sites for hydroxylation is 1. The van der Waals surface area contributed by atoms with Crippen LogP contribution >= 0.6 is 11.3 Å². The van der Waals surface area contributed by atoms with E-state index in [9.17, 15) is 4.79 Å². The van der Waals surface area contributed by atoms with E-state index in [1.165, 1.54) is 12.0 Å². The summed E-state index contributed by atoms with van der Waals surface area (Å²) in [5.74, 6) is 0.677. The highest BCUT2D eigenvalue weighted by Crippen LogP contribution is 2.28. The average Bonchev–Trinajstić information content (AvgIpc) is 3.26. The SMILES string of the molecule is COCCNC(=O)Cc1ccc(CC2CCN(c3nnc(C)s3)C2)cc1. The molecule has 6 nitrogen and oxygen atoms in total. The zero-order valence-electron chi connectivity index (χ0n) is 15.4. The summed E-state index contributed by atoms with van der Waals surface area (Å²) in [6.45, 7) is 5.19. The second-order valence-corrected chi connectivity index (χ2v) is 7.90. The molecule has 0 bridgehead atoms. The van der Waals surface area contributed by atoms with Gasteiger partial charge in [0.15, 0.2) is 0 Å². The maximum atomic E-state index is 11.8. The van der Waals surface area contributed by atoms with E-state index in [1.54, 1.807) is 18.4 Å². The number of anilines is 1. The smallest absolute Gasteiger partial charge is 0.224 e. The van der Waals surface area contributed by atoms with Gasteiger partial charge >= 0.3 is 0 Å². The number of amides is 1. The number of carbonyl (C=O) groups is 1. The largest absolute Gasteiger partial charge is 0.383 e. The molecular weight excluding hydrogens is 348 g/mol. The minimum absolute atomic E-state index is 0.0357. The third-order valence-electron chi connectivity index (χ3n) is 4.61. The molecule has 1 fully saturated rings. The molecule has 2 heterocycles. The van der Waals surface area contributed by atoms with Crippen molar-refractivity contribution in [1.82, 2.24) is 15.5 Å². The summed E-state index contributed by atoms with van der Waals surface area (Å²) in [6.07, 6.45) is 2.66. The van der Waals surface area contributed by atoms with Crippen molar-refractivity contribution >= 4 is 22.4 Å². The molecule has 3 rings (SSSR count). The molecule has 2 aromatic rings. The molecule has 7 heteroatoms. The number of nitrogens with one attached hydrogen (secondary N) is 1. The van der Waals surface area contributed by atoms with Crippen LogP contribution < -0.4 is 10.2 Å². The summed E-state index contributed by atoms with van der Waals surface area (Å²) in [5, 5.41) is 13.3. The van der Waals surface area contributed by atoms with Crippen molar-refractivity contribution in [1.29, 1.82) is 0 Å². The summed E-state index contributed by atoms with van der Waals surface area (Å²) in [7, 11) is 1.63. The average molecular weight is 375 g/mol. The Morgan fingerprint density at radius 1 is 1.31 bits per heavy atom. The molecule has 1 amide bonds. The van der Waals surface area contributed by atoms with Gasteiger partial charge in [-0.15, -0.1) is 10.2 Å². The number of ether oxygens (including phenoxy) is 1. The minimum Gasteiger partial charge on any atom is -0.383 e. The van der Waals surface area contributed by atoms with Crippen LogP contribution in [0.15, 0.2) is 24.3 Å². The van der Waals surface area contributed by atoms with Crippen molar-refractivity contribution in [3.05, 3.63) is 40.4 Å². The summed E-state index contributed by atoms with van der Waals surface area (Å²) in [6, 6.07) is 8.42. The number of benzene rings is 1. The van der Waals surface area contributed by atoms with E-state index in [0.29, 0.717) is 25.5 Å². The van der Waals surface area contributed by atoms with Gasteiger partial charge < -0.3 is 15.0 Å². The lowest BCUT2D eigenvalue weighted by molar-refractivity contribution is -0.120. The minimum atomic E-state index is 0.0357. The highest BCUT2D eigenvalue weighted by molar-refractivity contribution is 7.15. The molecule has 1 aromatic heterocycles. The van der Waals surface area contributed by atoms with Gasteiger partial charge in [-0.25, -0.2) is 0 Å². The summed E-state index contributed by atoms with van der Waals surface area (Å²) in [5.41, 5.74) is 2.37. The first-order valence-corrected chi connectivity index (χ1v) is 9.84. The van der Waals surface area contributed by atoms with Crippen molar-refractivity contribution in [2.24, 2.45) is 5.92 Å². The summed E-state index contributed by atoms with van der Waals surface area (Å²) < 4.78 is 4.93. The number of hydrogen-bond donors (Lipinski definition) is 1. The zero-order valence-corrected chi connectivity index (χ0v) is 16.2. The van der Waals surface area contributed by atoms with Gasteiger partial charge in [0.05, 0.1) is 13.0 Å². The molecule has 140 valence electrons. The molecule has 0 saturated carbocycles. The molecule has 0 spiro atoms. The van der Waals surface area contributed by atoms with Crippen LogP contribution in [0.1, 0.15) is 22.6 Å². The van der Waals surface area contributed by atoms with Gasteiger partial charge in [-0.3, -0.25) is 4.79 Å². The van der Waals surface area contributed by atoms with Crippen molar-refractivity contribution in [2.45, 2.75) is 26.2 Å². The van der Waals surface area contributed by atoms with Gasteiger partial charge in [-0.05, 0) is 36.8 Å². The zero-order chi connectivity index (χ0) is 18.4. The van der Waals surface area contributed by atoms with Crippen LogP contribution in [0.25, 0.3) is 0 Å². The van der Waals surface area contributed by atoms with Gasteiger partial charge in [0, 0.05) is 26.7 Å². The lowest BCUT2D eigenvalue weighted by Crippen LogP contribution is -2.28.